The second kappa shape index (κ2) is 4.65. The first-order valence-electron chi connectivity index (χ1n) is 6.92. The van der Waals surface area contributed by atoms with E-state index in [1.54, 1.807) is 13.8 Å². The summed E-state index contributed by atoms with van der Waals surface area (Å²) in [6.45, 7) is 5.69. The molecule has 0 aromatic heterocycles. The number of aliphatic hydroxyl groups is 1. The van der Waals surface area contributed by atoms with Crippen LogP contribution in [-0.4, -0.2) is 34.0 Å². The average molecular weight is 253 g/mol. The Bertz CT molecular complexity index is 338. The van der Waals surface area contributed by atoms with Gasteiger partial charge >= 0.3 is 0 Å². The summed E-state index contributed by atoms with van der Waals surface area (Å²) in [5, 5.41) is 9.75. The van der Waals surface area contributed by atoms with Crippen molar-refractivity contribution in [3.8, 4) is 0 Å². The van der Waals surface area contributed by atoms with Crippen LogP contribution in [0, 0.1) is 17.8 Å². The van der Waals surface area contributed by atoms with E-state index in [1.807, 2.05) is 0 Å². The minimum atomic E-state index is -0.625. The molecule has 0 aromatic rings. The van der Waals surface area contributed by atoms with Gasteiger partial charge in [0.25, 0.3) is 0 Å². The van der Waals surface area contributed by atoms with E-state index in [0.29, 0.717) is 5.92 Å². The third kappa shape index (κ3) is 1.87. The summed E-state index contributed by atoms with van der Waals surface area (Å²) < 4.78 is 0. The van der Waals surface area contributed by atoms with Gasteiger partial charge in [-0.2, -0.15) is 0 Å². The molecule has 2 aliphatic rings. The molecule has 0 aromatic carbocycles. The molecule has 1 N–H and O–H groups in total. The van der Waals surface area contributed by atoms with E-state index in [2.05, 4.69) is 6.92 Å². The molecule has 102 valence electrons. The number of carbonyl (C=O) groups is 2. The number of likely N-dealkylation sites (tertiary alicyclic amines) is 1. The van der Waals surface area contributed by atoms with Crippen molar-refractivity contribution < 1.29 is 14.7 Å². The second-order valence-corrected chi connectivity index (χ2v) is 6.15. The van der Waals surface area contributed by atoms with Crippen molar-refractivity contribution in [2.45, 2.75) is 52.0 Å². The lowest BCUT2D eigenvalue weighted by Crippen LogP contribution is -2.56. The van der Waals surface area contributed by atoms with E-state index in [0.717, 1.165) is 25.7 Å². The monoisotopic (exact) mass is 253 g/mol. The molecular formula is C14H23NO3. The number of carbonyl (C=O) groups excluding carboxylic acids is 2. The molecule has 2 atom stereocenters. The Labute approximate surface area is 108 Å². The molecular weight excluding hydrogens is 230 g/mol. The van der Waals surface area contributed by atoms with E-state index < -0.39 is 5.54 Å². The zero-order valence-electron chi connectivity index (χ0n) is 11.5. The lowest BCUT2D eigenvalue weighted by atomic mass is 9.76. The summed E-state index contributed by atoms with van der Waals surface area (Å²) in [7, 11) is 0. The van der Waals surface area contributed by atoms with E-state index in [9.17, 15) is 14.7 Å². The van der Waals surface area contributed by atoms with Crippen molar-refractivity contribution >= 4 is 11.8 Å². The van der Waals surface area contributed by atoms with E-state index >= 15 is 0 Å². The van der Waals surface area contributed by atoms with Gasteiger partial charge in [-0.05, 0) is 31.6 Å². The van der Waals surface area contributed by atoms with Crippen molar-refractivity contribution in [3.63, 3.8) is 0 Å². The molecule has 1 aliphatic heterocycles. The largest absolute Gasteiger partial charge is 0.394 e. The molecule has 2 amide bonds. The molecule has 0 bridgehead atoms. The molecule has 2 rings (SSSR count). The van der Waals surface area contributed by atoms with Crippen LogP contribution in [0.2, 0.25) is 0 Å². The summed E-state index contributed by atoms with van der Waals surface area (Å²) in [6.07, 6.45) is 3.42. The summed E-state index contributed by atoms with van der Waals surface area (Å²) in [5.41, 5.74) is -0.625. The Hall–Kier alpha value is -0.900. The molecule has 1 saturated heterocycles. The van der Waals surface area contributed by atoms with Gasteiger partial charge < -0.3 is 5.11 Å². The summed E-state index contributed by atoms with van der Waals surface area (Å²) >= 11 is 0. The Morgan fingerprint density at radius 3 is 1.94 bits per heavy atom. The molecule has 0 radical (unpaired) electrons. The number of hydrogen-bond acceptors (Lipinski definition) is 3. The van der Waals surface area contributed by atoms with Crippen LogP contribution < -0.4 is 0 Å². The molecule has 1 saturated carbocycles. The van der Waals surface area contributed by atoms with Crippen LogP contribution in [0.3, 0.4) is 0 Å². The first-order valence-corrected chi connectivity index (χ1v) is 6.92. The zero-order valence-corrected chi connectivity index (χ0v) is 11.5. The van der Waals surface area contributed by atoms with Crippen LogP contribution in [0.15, 0.2) is 0 Å². The van der Waals surface area contributed by atoms with Crippen molar-refractivity contribution in [1.29, 1.82) is 0 Å². The van der Waals surface area contributed by atoms with Crippen LogP contribution in [0.25, 0.3) is 0 Å². The van der Waals surface area contributed by atoms with Crippen molar-refractivity contribution in [2.75, 3.05) is 6.61 Å². The third-order valence-electron chi connectivity index (χ3n) is 4.94. The zero-order chi connectivity index (χ0) is 13.5. The van der Waals surface area contributed by atoms with E-state index in [1.165, 1.54) is 4.90 Å². The Morgan fingerprint density at radius 2 is 1.56 bits per heavy atom. The lowest BCUT2D eigenvalue weighted by Gasteiger charge is -2.43. The van der Waals surface area contributed by atoms with Gasteiger partial charge in [0.1, 0.15) is 0 Å². The number of hydrogen-bond donors (Lipinski definition) is 1. The maximum Gasteiger partial charge on any atom is 0.233 e. The first-order chi connectivity index (χ1) is 8.43. The molecule has 1 aliphatic carbocycles. The van der Waals surface area contributed by atoms with E-state index in [-0.39, 0.29) is 30.3 Å². The topological polar surface area (TPSA) is 57.6 Å². The standard InChI is InChI=1S/C14H23NO3/c1-9-4-6-14(8-16,7-5-9)15-12(17)10(2)11(3)13(15)18/h9-11,16H,4-8H2,1-3H3. The van der Waals surface area contributed by atoms with Gasteiger partial charge in [-0.15, -0.1) is 0 Å². The van der Waals surface area contributed by atoms with Gasteiger partial charge in [0.15, 0.2) is 0 Å². The summed E-state index contributed by atoms with van der Waals surface area (Å²) in [4.78, 5) is 25.9. The molecule has 2 fully saturated rings. The highest BCUT2D eigenvalue weighted by Gasteiger charge is 2.52. The van der Waals surface area contributed by atoms with Crippen LogP contribution in [0.5, 0.6) is 0 Å². The highest BCUT2D eigenvalue weighted by Crippen LogP contribution is 2.41. The van der Waals surface area contributed by atoms with Crippen LogP contribution in [0.4, 0.5) is 0 Å². The van der Waals surface area contributed by atoms with Gasteiger partial charge in [0.2, 0.25) is 11.8 Å². The number of aliphatic hydroxyl groups excluding tert-OH is 1. The molecule has 4 nitrogen and oxygen atoms in total. The molecule has 2 unspecified atom stereocenters. The maximum atomic E-state index is 12.3. The minimum absolute atomic E-state index is 0.101. The first kappa shape index (κ1) is 13.5. The molecule has 0 spiro atoms. The predicted octanol–water partition coefficient (Wildman–Crippen LogP) is 1.57. The van der Waals surface area contributed by atoms with Crippen LogP contribution >= 0.6 is 0 Å². The highest BCUT2D eigenvalue weighted by atomic mass is 16.3. The SMILES string of the molecule is CC1CCC(CO)(N2C(=O)C(C)C(C)C2=O)CC1. The second-order valence-electron chi connectivity index (χ2n) is 6.15. The fourth-order valence-corrected chi connectivity index (χ4v) is 3.16. The fraction of sp³-hybridized carbons (Fsp3) is 0.857. The molecule has 18 heavy (non-hydrogen) atoms. The van der Waals surface area contributed by atoms with Crippen LogP contribution in [-0.2, 0) is 9.59 Å². The highest BCUT2D eigenvalue weighted by molar-refractivity contribution is 6.05. The Kier molecular flexibility index (Phi) is 3.49. The third-order valence-corrected chi connectivity index (χ3v) is 4.94. The van der Waals surface area contributed by atoms with Gasteiger partial charge in [0.05, 0.1) is 12.1 Å². The Balaban J connectivity index is 2.28. The van der Waals surface area contributed by atoms with Gasteiger partial charge in [-0.3, -0.25) is 14.5 Å². The minimum Gasteiger partial charge on any atom is -0.394 e. The number of imide groups is 1. The average Bonchev–Trinajstić information content (AvgIpc) is 2.56. The van der Waals surface area contributed by atoms with Gasteiger partial charge in [-0.25, -0.2) is 0 Å². The van der Waals surface area contributed by atoms with Crippen molar-refractivity contribution in [2.24, 2.45) is 17.8 Å². The smallest absolute Gasteiger partial charge is 0.233 e. The normalized spacial score (nSPS) is 41.6. The van der Waals surface area contributed by atoms with Crippen LogP contribution in [0.1, 0.15) is 46.5 Å². The number of rotatable bonds is 2. The lowest BCUT2D eigenvalue weighted by molar-refractivity contribution is -0.151. The molecule has 1 heterocycles. The van der Waals surface area contributed by atoms with E-state index in [4.69, 9.17) is 0 Å². The summed E-state index contributed by atoms with van der Waals surface area (Å²) in [6, 6.07) is 0. The quantitative estimate of drug-likeness (QED) is 0.760. The van der Waals surface area contributed by atoms with Crippen molar-refractivity contribution in [3.05, 3.63) is 0 Å². The van der Waals surface area contributed by atoms with Crippen molar-refractivity contribution in [1.82, 2.24) is 4.90 Å². The summed E-state index contributed by atoms with van der Waals surface area (Å²) in [5.74, 6) is -0.0833. The van der Waals surface area contributed by atoms with Gasteiger partial charge in [0, 0.05) is 11.8 Å². The molecule has 4 heteroatoms. The fourth-order valence-electron chi connectivity index (χ4n) is 3.16. The Morgan fingerprint density at radius 1 is 1.11 bits per heavy atom. The maximum absolute atomic E-state index is 12.3. The number of amides is 2. The number of nitrogens with zero attached hydrogens (tertiary/aromatic N) is 1. The predicted molar refractivity (Wildman–Crippen MR) is 67.6 cm³/mol. The van der Waals surface area contributed by atoms with Gasteiger partial charge in [-0.1, -0.05) is 20.8 Å².